The Balaban J connectivity index is 1.57. The maximum atomic E-state index is 12.6. The van der Waals surface area contributed by atoms with E-state index in [0.717, 1.165) is 12.0 Å². The van der Waals surface area contributed by atoms with Crippen LogP contribution in [0.4, 0.5) is 5.69 Å². The molecule has 1 atom stereocenters. The summed E-state index contributed by atoms with van der Waals surface area (Å²) in [4.78, 5) is 12.6. The van der Waals surface area contributed by atoms with Crippen molar-refractivity contribution in [2.24, 2.45) is 0 Å². The second-order valence-corrected chi connectivity index (χ2v) is 7.07. The van der Waals surface area contributed by atoms with Gasteiger partial charge in [-0.15, -0.1) is 6.58 Å². The molecule has 6 heteroatoms. The molecule has 3 rings (SSSR count). The molecule has 166 valence electrons. The van der Waals surface area contributed by atoms with Crippen LogP contribution in [-0.4, -0.2) is 37.4 Å². The molecule has 0 spiro atoms. The van der Waals surface area contributed by atoms with Gasteiger partial charge in [0.25, 0.3) is 5.91 Å². The first kappa shape index (κ1) is 22.9. The van der Waals surface area contributed by atoms with Gasteiger partial charge >= 0.3 is 0 Å². The van der Waals surface area contributed by atoms with Crippen LogP contribution in [0.25, 0.3) is 0 Å². The molecule has 2 N–H and O–H groups in total. The van der Waals surface area contributed by atoms with E-state index in [2.05, 4.69) is 11.9 Å². The van der Waals surface area contributed by atoms with Crippen LogP contribution in [0.2, 0.25) is 0 Å². The second-order valence-electron chi connectivity index (χ2n) is 7.07. The molecule has 0 bridgehead atoms. The van der Waals surface area contributed by atoms with Gasteiger partial charge in [0, 0.05) is 5.69 Å². The lowest BCUT2D eigenvalue weighted by atomic mass is 10.1. The van der Waals surface area contributed by atoms with Crippen molar-refractivity contribution in [2.45, 2.75) is 12.5 Å². The number of para-hydroxylation sites is 2. The number of hydrogen-bond donors (Lipinski definition) is 2. The minimum atomic E-state index is -0.905. The number of allylic oxidation sites excluding steroid dienone is 1. The average Bonchev–Trinajstić information content (AvgIpc) is 2.82. The van der Waals surface area contributed by atoms with Gasteiger partial charge in [0.2, 0.25) is 0 Å². The Labute approximate surface area is 188 Å². The Kier molecular flexibility index (Phi) is 8.29. The third-order valence-electron chi connectivity index (χ3n) is 4.63. The molecule has 3 aromatic rings. The molecule has 32 heavy (non-hydrogen) atoms. The molecule has 0 aliphatic heterocycles. The highest BCUT2D eigenvalue weighted by Crippen LogP contribution is 2.28. The van der Waals surface area contributed by atoms with Gasteiger partial charge in [0.15, 0.2) is 11.5 Å². The molecular weight excluding hydrogens is 406 g/mol. The first-order valence-corrected chi connectivity index (χ1v) is 10.3. The minimum Gasteiger partial charge on any atom is -0.493 e. The topological polar surface area (TPSA) is 77.0 Å². The summed E-state index contributed by atoms with van der Waals surface area (Å²) in [6.07, 6.45) is 1.64. The maximum Gasteiger partial charge on any atom is 0.259 e. The molecule has 0 fully saturated rings. The van der Waals surface area contributed by atoms with Crippen molar-refractivity contribution in [1.29, 1.82) is 0 Å². The molecule has 0 aromatic heterocycles. The van der Waals surface area contributed by atoms with Crippen LogP contribution in [-0.2, 0) is 6.42 Å². The summed E-state index contributed by atoms with van der Waals surface area (Å²) in [6.45, 7) is 3.71. The van der Waals surface area contributed by atoms with Crippen LogP contribution in [0.5, 0.6) is 17.2 Å². The molecule has 0 saturated heterocycles. The number of methoxy groups -OCH3 is 1. The third-order valence-corrected chi connectivity index (χ3v) is 4.63. The van der Waals surface area contributed by atoms with Crippen LogP contribution in [0, 0.1) is 0 Å². The predicted molar refractivity (Wildman–Crippen MR) is 125 cm³/mol. The van der Waals surface area contributed by atoms with Crippen molar-refractivity contribution in [2.75, 3.05) is 25.6 Å². The number of amides is 1. The lowest BCUT2D eigenvalue weighted by Crippen LogP contribution is -2.26. The summed E-state index contributed by atoms with van der Waals surface area (Å²) in [5, 5.41) is 13.2. The number of ether oxygens (including phenoxy) is 3. The summed E-state index contributed by atoms with van der Waals surface area (Å²) in [5.41, 5.74) is 2.12. The van der Waals surface area contributed by atoms with E-state index >= 15 is 0 Å². The van der Waals surface area contributed by atoms with Crippen LogP contribution >= 0.6 is 0 Å². The zero-order chi connectivity index (χ0) is 22.8. The fourth-order valence-electron chi connectivity index (χ4n) is 3.04. The summed E-state index contributed by atoms with van der Waals surface area (Å²) in [6, 6.07) is 21.7. The maximum absolute atomic E-state index is 12.6. The normalized spacial score (nSPS) is 11.3. The first-order valence-electron chi connectivity index (χ1n) is 10.3. The van der Waals surface area contributed by atoms with E-state index in [1.54, 1.807) is 49.6 Å². The zero-order valence-electron chi connectivity index (χ0n) is 18.0. The van der Waals surface area contributed by atoms with Crippen molar-refractivity contribution in [3.8, 4) is 17.2 Å². The van der Waals surface area contributed by atoms with E-state index in [4.69, 9.17) is 14.2 Å². The van der Waals surface area contributed by atoms with Crippen molar-refractivity contribution < 1.29 is 24.1 Å². The van der Waals surface area contributed by atoms with Gasteiger partial charge in [0.05, 0.1) is 12.7 Å². The summed E-state index contributed by atoms with van der Waals surface area (Å²) in [7, 11) is 1.57. The minimum absolute atomic E-state index is 0.00947. The first-order chi connectivity index (χ1) is 15.6. The second kappa shape index (κ2) is 11.6. The quantitative estimate of drug-likeness (QED) is 0.436. The Morgan fingerprint density at radius 1 is 0.969 bits per heavy atom. The zero-order valence-corrected chi connectivity index (χ0v) is 18.0. The number of benzene rings is 3. The van der Waals surface area contributed by atoms with Crippen molar-refractivity contribution in [1.82, 2.24) is 0 Å². The Morgan fingerprint density at radius 2 is 1.66 bits per heavy atom. The van der Waals surface area contributed by atoms with Crippen LogP contribution in [0.15, 0.2) is 85.5 Å². The van der Waals surface area contributed by atoms with E-state index < -0.39 is 6.10 Å². The smallest absolute Gasteiger partial charge is 0.259 e. The van der Waals surface area contributed by atoms with Crippen molar-refractivity contribution >= 4 is 11.6 Å². The fraction of sp³-hybridized carbons (Fsp3) is 0.192. The standard InChI is InChI=1S/C26H27NO5/c1-3-9-19-14-15-24(25(16-19)30-2)32-18-21(28)17-31-23-13-8-7-12-22(23)26(29)27-20-10-5-4-6-11-20/h3-8,10-16,21,28H,1,9,17-18H2,2H3,(H,27,29). The summed E-state index contributed by atoms with van der Waals surface area (Å²) in [5.74, 6) is 1.20. The van der Waals surface area contributed by atoms with E-state index in [1.165, 1.54) is 0 Å². The van der Waals surface area contributed by atoms with Crippen LogP contribution in [0.1, 0.15) is 15.9 Å². The number of hydrogen-bond acceptors (Lipinski definition) is 5. The molecule has 0 saturated carbocycles. The molecule has 1 amide bonds. The molecular formula is C26H27NO5. The number of carbonyl (C=O) groups excluding carboxylic acids is 1. The average molecular weight is 434 g/mol. The highest BCUT2D eigenvalue weighted by atomic mass is 16.5. The van der Waals surface area contributed by atoms with Gasteiger partial charge in [0.1, 0.15) is 25.1 Å². The highest BCUT2D eigenvalue weighted by molar-refractivity contribution is 6.06. The van der Waals surface area contributed by atoms with Crippen molar-refractivity contribution in [3.63, 3.8) is 0 Å². The van der Waals surface area contributed by atoms with E-state index in [9.17, 15) is 9.90 Å². The summed E-state index contributed by atoms with van der Waals surface area (Å²) >= 11 is 0. The van der Waals surface area contributed by atoms with Gasteiger partial charge in [-0.3, -0.25) is 4.79 Å². The van der Waals surface area contributed by atoms with Gasteiger partial charge in [-0.05, 0) is 48.4 Å². The number of aliphatic hydroxyl groups is 1. The van der Waals surface area contributed by atoms with Crippen LogP contribution < -0.4 is 19.5 Å². The SMILES string of the molecule is C=CCc1ccc(OCC(O)COc2ccccc2C(=O)Nc2ccccc2)c(OC)c1. The van der Waals surface area contributed by atoms with Gasteiger partial charge in [-0.25, -0.2) is 0 Å². The Bertz CT molecular complexity index is 1040. The van der Waals surface area contributed by atoms with E-state index in [1.807, 2.05) is 36.4 Å². The van der Waals surface area contributed by atoms with Gasteiger partial charge in [-0.2, -0.15) is 0 Å². The largest absolute Gasteiger partial charge is 0.493 e. The number of aliphatic hydroxyl groups excluding tert-OH is 1. The van der Waals surface area contributed by atoms with E-state index in [-0.39, 0.29) is 19.1 Å². The molecule has 0 aliphatic carbocycles. The lowest BCUT2D eigenvalue weighted by molar-refractivity contribution is 0.0611. The van der Waals surface area contributed by atoms with Crippen molar-refractivity contribution in [3.05, 3.63) is 96.6 Å². The summed E-state index contributed by atoms with van der Waals surface area (Å²) < 4.78 is 16.8. The molecule has 0 aliphatic rings. The number of nitrogens with one attached hydrogen (secondary N) is 1. The Hall–Kier alpha value is -3.77. The number of rotatable bonds is 11. The van der Waals surface area contributed by atoms with Gasteiger partial charge < -0.3 is 24.6 Å². The monoisotopic (exact) mass is 433 g/mol. The van der Waals surface area contributed by atoms with Crippen LogP contribution in [0.3, 0.4) is 0 Å². The lowest BCUT2D eigenvalue weighted by Gasteiger charge is -2.17. The fourth-order valence-corrected chi connectivity index (χ4v) is 3.04. The number of carbonyl (C=O) groups is 1. The predicted octanol–water partition coefficient (Wildman–Crippen LogP) is 4.49. The molecule has 0 radical (unpaired) electrons. The third kappa shape index (κ3) is 6.36. The number of anilines is 1. The molecule has 6 nitrogen and oxygen atoms in total. The molecule has 3 aromatic carbocycles. The highest BCUT2D eigenvalue weighted by Gasteiger charge is 2.15. The molecule has 1 unspecified atom stereocenters. The van der Waals surface area contributed by atoms with E-state index in [0.29, 0.717) is 28.5 Å². The molecule has 0 heterocycles. The Morgan fingerprint density at radius 3 is 2.38 bits per heavy atom. The van der Waals surface area contributed by atoms with Gasteiger partial charge in [-0.1, -0.05) is 42.5 Å².